The highest BCUT2D eigenvalue weighted by atomic mass is 19.1. The number of halogens is 1. The van der Waals surface area contributed by atoms with Crippen LogP contribution in [0.3, 0.4) is 0 Å². The molecule has 1 aliphatic carbocycles. The second-order valence-corrected chi connectivity index (χ2v) is 8.05. The van der Waals surface area contributed by atoms with Gasteiger partial charge in [-0.15, -0.1) is 0 Å². The lowest BCUT2D eigenvalue weighted by Crippen LogP contribution is -2.35. The smallest absolute Gasteiger partial charge is 0.233 e. The monoisotopic (exact) mass is 424 g/mol. The van der Waals surface area contributed by atoms with Crippen molar-refractivity contribution < 1.29 is 23.5 Å². The summed E-state index contributed by atoms with van der Waals surface area (Å²) < 4.78 is 18.6. The quantitative estimate of drug-likeness (QED) is 0.686. The lowest BCUT2D eigenvalue weighted by Gasteiger charge is -2.19. The zero-order valence-electron chi connectivity index (χ0n) is 17.2. The fraction of sp³-hybridized carbons (Fsp3) is 0.375. The number of hydrogen-bond donors (Lipinski definition) is 1. The third-order valence-corrected chi connectivity index (χ3v) is 5.96. The van der Waals surface area contributed by atoms with E-state index in [0.29, 0.717) is 18.0 Å². The van der Waals surface area contributed by atoms with Gasteiger partial charge in [-0.05, 0) is 54.8 Å². The Labute approximate surface area is 180 Å². The molecule has 0 radical (unpaired) electrons. The van der Waals surface area contributed by atoms with Crippen molar-refractivity contribution in [1.82, 2.24) is 10.2 Å². The van der Waals surface area contributed by atoms with Crippen molar-refractivity contribution in [3.05, 3.63) is 59.9 Å². The molecular formula is C24H25FN2O4. The SMILES string of the molecule is O=C(CCN1C(=O)C2CCCCC2C1=O)NCc1ccc(Oc2ccc(F)cc2)cc1. The van der Waals surface area contributed by atoms with Crippen molar-refractivity contribution in [2.24, 2.45) is 11.8 Å². The molecule has 0 bridgehead atoms. The number of nitrogens with zero attached hydrogens (tertiary/aromatic N) is 1. The maximum absolute atomic E-state index is 13.0. The number of ether oxygens (including phenoxy) is 1. The summed E-state index contributed by atoms with van der Waals surface area (Å²) in [5, 5.41) is 2.82. The van der Waals surface area contributed by atoms with Crippen molar-refractivity contribution >= 4 is 17.7 Å². The Hall–Kier alpha value is -3.22. The Balaban J connectivity index is 1.23. The molecule has 7 heteroatoms. The number of nitrogens with one attached hydrogen (secondary N) is 1. The van der Waals surface area contributed by atoms with E-state index in [2.05, 4.69) is 5.32 Å². The average molecular weight is 424 g/mol. The number of amides is 3. The first kappa shape index (κ1) is 21.0. The Kier molecular flexibility index (Phi) is 6.30. The van der Waals surface area contributed by atoms with E-state index in [1.54, 1.807) is 24.3 Å². The van der Waals surface area contributed by atoms with Crippen molar-refractivity contribution in [2.75, 3.05) is 6.54 Å². The summed E-state index contributed by atoms with van der Waals surface area (Å²) >= 11 is 0. The van der Waals surface area contributed by atoms with Gasteiger partial charge in [0.05, 0.1) is 11.8 Å². The second kappa shape index (κ2) is 9.29. The largest absolute Gasteiger partial charge is 0.457 e. The fourth-order valence-corrected chi connectivity index (χ4v) is 4.27. The van der Waals surface area contributed by atoms with Crippen LogP contribution in [0.2, 0.25) is 0 Å². The molecule has 0 spiro atoms. The number of imide groups is 1. The number of likely N-dealkylation sites (tertiary alicyclic amines) is 1. The number of fused-ring (bicyclic) bond motifs is 1. The molecule has 2 aromatic carbocycles. The van der Waals surface area contributed by atoms with Crippen molar-refractivity contribution in [3.8, 4) is 11.5 Å². The van der Waals surface area contributed by atoms with E-state index in [1.165, 1.54) is 17.0 Å². The minimum Gasteiger partial charge on any atom is -0.457 e. The molecule has 2 aliphatic rings. The van der Waals surface area contributed by atoms with Gasteiger partial charge in [-0.3, -0.25) is 19.3 Å². The lowest BCUT2D eigenvalue weighted by atomic mass is 9.81. The van der Waals surface area contributed by atoms with E-state index in [0.717, 1.165) is 31.2 Å². The van der Waals surface area contributed by atoms with Gasteiger partial charge >= 0.3 is 0 Å². The molecule has 1 N–H and O–H groups in total. The summed E-state index contributed by atoms with van der Waals surface area (Å²) in [5.74, 6) is 0.0262. The summed E-state index contributed by atoms with van der Waals surface area (Å²) in [6.07, 6.45) is 3.63. The van der Waals surface area contributed by atoms with Crippen LogP contribution in [0.1, 0.15) is 37.7 Å². The number of carbonyl (C=O) groups excluding carboxylic acids is 3. The van der Waals surface area contributed by atoms with Crippen LogP contribution in [-0.2, 0) is 20.9 Å². The predicted molar refractivity (Wildman–Crippen MR) is 112 cm³/mol. The van der Waals surface area contributed by atoms with Gasteiger partial charge in [-0.25, -0.2) is 4.39 Å². The molecule has 2 aromatic rings. The van der Waals surface area contributed by atoms with Crippen LogP contribution < -0.4 is 10.1 Å². The number of hydrogen-bond acceptors (Lipinski definition) is 4. The molecular weight excluding hydrogens is 399 g/mol. The molecule has 1 heterocycles. The summed E-state index contributed by atoms with van der Waals surface area (Å²) in [6, 6.07) is 13.0. The molecule has 1 saturated heterocycles. The topological polar surface area (TPSA) is 75.7 Å². The Morgan fingerprint density at radius 2 is 1.48 bits per heavy atom. The van der Waals surface area contributed by atoms with Crippen LogP contribution in [0.25, 0.3) is 0 Å². The minimum absolute atomic E-state index is 0.0999. The third-order valence-electron chi connectivity index (χ3n) is 5.96. The third kappa shape index (κ3) is 4.93. The van der Waals surface area contributed by atoms with Crippen LogP contribution in [0.4, 0.5) is 4.39 Å². The van der Waals surface area contributed by atoms with E-state index >= 15 is 0 Å². The van der Waals surface area contributed by atoms with E-state index < -0.39 is 0 Å². The van der Waals surface area contributed by atoms with Crippen LogP contribution in [0, 0.1) is 17.7 Å². The molecule has 31 heavy (non-hydrogen) atoms. The van der Waals surface area contributed by atoms with Crippen molar-refractivity contribution in [3.63, 3.8) is 0 Å². The zero-order chi connectivity index (χ0) is 21.8. The van der Waals surface area contributed by atoms with E-state index in [9.17, 15) is 18.8 Å². The first-order chi connectivity index (χ1) is 15.0. The van der Waals surface area contributed by atoms with Gasteiger partial charge in [0.1, 0.15) is 17.3 Å². The molecule has 0 aromatic heterocycles. The molecule has 3 amide bonds. The molecule has 1 aliphatic heterocycles. The van der Waals surface area contributed by atoms with Crippen molar-refractivity contribution in [1.29, 1.82) is 0 Å². The van der Waals surface area contributed by atoms with E-state index in [4.69, 9.17) is 4.74 Å². The van der Waals surface area contributed by atoms with Crippen LogP contribution in [-0.4, -0.2) is 29.2 Å². The molecule has 2 fully saturated rings. The first-order valence-electron chi connectivity index (χ1n) is 10.7. The Morgan fingerprint density at radius 3 is 2.06 bits per heavy atom. The molecule has 2 atom stereocenters. The zero-order valence-corrected chi connectivity index (χ0v) is 17.2. The Bertz CT molecular complexity index is 935. The maximum atomic E-state index is 13.0. The highest BCUT2D eigenvalue weighted by Gasteiger charge is 2.47. The fourth-order valence-electron chi connectivity index (χ4n) is 4.27. The number of rotatable bonds is 7. The molecule has 4 rings (SSSR count). The molecule has 6 nitrogen and oxygen atoms in total. The van der Waals surface area contributed by atoms with Gasteiger partial charge in [-0.2, -0.15) is 0 Å². The van der Waals surface area contributed by atoms with Gasteiger partial charge in [-0.1, -0.05) is 25.0 Å². The summed E-state index contributed by atoms with van der Waals surface area (Å²) in [7, 11) is 0. The van der Waals surface area contributed by atoms with Gasteiger partial charge in [0.2, 0.25) is 17.7 Å². The normalized spacial score (nSPS) is 20.5. The van der Waals surface area contributed by atoms with Gasteiger partial charge < -0.3 is 10.1 Å². The van der Waals surface area contributed by atoms with Crippen LogP contribution in [0.5, 0.6) is 11.5 Å². The van der Waals surface area contributed by atoms with Gasteiger partial charge in [0.25, 0.3) is 0 Å². The van der Waals surface area contributed by atoms with E-state index in [1.807, 2.05) is 12.1 Å². The predicted octanol–water partition coefficient (Wildman–Crippen LogP) is 3.80. The highest BCUT2D eigenvalue weighted by Crippen LogP contribution is 2.37. The molecule has 162 valence electrons. The lowest BCUT2D eigenvalue weighted by molar-refractivity contribution is -0.140. The van der Waals surface area contributed by atoms with Gasteiger partial charge in [0, 0.05) is 19.5 Å². The first-order valence-corrected chi connectivity index (χ1v) is 10.7. The maximum Gasteiger partial charge on any atom is 0.233 e. The van der Waals surface area contributed by atoms with Crippen LogP contribution >= 0.6 is 0 Å². The Morgan fingerprint density at radius 1 is 0.935 bits per heavy atom. The van der Waals surface area contributed by atoms with Gasteiger partial charge in [0.15, 0.2) is 0 Å². The van der Waals surface area contributed by atoms with Crippen molar-refractivity contribution in [2.45, 2.75) is 38.6 Å². The average Bonchev–Trinajstić information content (AvgIpc) is 3.03. The van der Waals surface area contributed by atoms with E-state index in [-0.39, 0.29) is 48.3 Å². The second-order valence-electron chi connectivity index (χ2n) is 8.05. The number of carbonyl (C=O) groups is 3. The summed E-state index contributed by atoms with van der Waals surface area (Å²) in [6.45, 7) is 0.476. The summed E-state index contributed by atoms with van der Waals surface area (Å²) in [5.41, 5.74) is 0.888. The number of benzene rings is 2. The summed E-state index contributed by atoms with van der Waals surface area (Å²) in [4.78, 5) is 38.4. The highest BCUT2D eigenvalue weighted by molar-refractivity contribution is 6.05. The standard InChI is InChI=1S/C24H25FN2O4/c25-17-7-11-19(12-8-17)31-18-9-5-16(6-10-18)15-26-22(28)13-14-27-23(29)20-3-1-2-4-21(20)24(27)30/h5-12,20-21H,1-4,13-15H2,(H,26,28). The van der Waals surface area contributed by atoms with Crippen LogP contribution in [0.15, 0.2) is 48.5 Å². The minimum atomic E-state index is -0.324. The molecule has 1 saturated carbocycles. The molecule has 2 unspecified atom stereocenters.